The Morgan fingerprint density at radius 3 is 2.33 bits per heavy atom. The fourth-order valence-electron chi connectivity index (χ4n) is 1.75. The van der Waals surface area contributed by atoms with E-state index in [0.717, 1.165) is 0 Å². The quantitative estimate of drug-likeness (QED) is 0.530. The van der Waals surface area contributed by atoms with Gasteiger partial charge >= 0.3 is 91.9 Å². The zero-order chi connectivity index (χ0) is 9.26. The first-order valence-electron chi connectivity index (χ1n) is 4.77. The zero-order valence-electron chi connectivity index (χ0n) is 8.98. The first-order chi connectivity index (χ1) is 6.27. The van der Waals surface area contributed by atoms with Crippen molar-refractivity contribution in [3.8, 4) is 0 Å². The van der Waals surface area contributed by atoms with Crippen LogP contribution in [0.25, 0.3) is 0 Å². The molecule has 0 atom stereocenters. The SMILES string of the molecule is CC1=CCC(C)=[C]1[Zr+2][C]1=CC=CC1.[Cl-].[Cl-]. The number of hydrogen-bond donors (Lipinski definition) is 0. The van der Waals surface area contributed by atoms with Crippen molar-refractivity contribution < 1.29 is 48.0 Å². The summed E-state index contributed by atoms with van der Waals surface area (Å²) in [4.78, 5) is 0. The summed E-state index contributed by atoms with van der Waals surface area (Å²) >= 11 is -0.409. The molecule has 0 N–H and O–H groups in total. The number of halogens is 2. The predicted molar refractivity (Wildman–Crippen MR) is 52.9 cm³/mol. The second-order valence-corrected chi connectivity index (χ2v) is 7.12. The average Bonchev–Trinajstić information content (AvgIpc) is 2.70. The summed E-state index contributed by atoms with van der Waals surface area (Å²) < 4.78 is 3.48. The maximum absolute atomic E-state index is 2.38. The van der Waals surface area contributed by atoms with Gasteiger partial charge in [0.05, 0.1) is 0 Å². The van der Waals surface area contributed by atoms with Crippen LogP contribution >= 0.6 is 0 Å². The van der Waals surface area contributed by atoms with Gasteiger partial charge in [-0.2, -0.15) is 0 Å². The maximum Gasteiger partial charge on any atom is -1.00 e. The van der Waals surface area contributed by atoms with Crippen LogP contribution in [0.15, 0.2) is 42.0 Å². The van der Waals surface area contributed by atoms with Gasteiger partial charge in [-0.1, -0.05) is 0 Å². The molecular weight excluding hydrogens is 306 g/mol. The molecule has 0 saturated carbocycles. The fourth-order valence-corrected chi connectivity index (χ4v) is 5.03. The first-order valence-corrected chi connectivity index (χ1v) is 7.23. The molecule has 2 aliphatic carbocycles. The van der Waals surface area contributed by atoms with Gasteiger partial charge in [0.1, 0.15) is 0 Å². The number of allylic oxidation sites excluding steroid dienone is 8. The van der Waals surface area contributed by atoms with E-state index in [1.165, 1.54) is 12.8 Å². The molecule has 0 aromatic rings. The minimum atomic E-state index is -0.409. The van der Waals surface area contributed by atoms with Crippen LogP contribution in [-0.4, -0.2) is 0 Å². The molecule has 0 heterocycles. The molecule has 2 rings (SSSR count). The van der Waals surface area contributed by atoms with E-state index in [1.807, 2.05) is 0 Å². The van der Waals surface area contributed by atoms with E-state index in [9.17, 15) is 0 Å². The van der Waals surface area contributed by atoms with Gasteiger partial charge in [0, 0.05) is 0 Å². The maximum atomic E-state index is 2.38. The average molecular weight is 320 g/mol. The van der Waals surface area contributed by atoms with Crippen molar-refractivity contribution in [2.24, 2.45) is 0 Å². The van der Waals surface area contributed by atoms with E-state index in [0.29, 0.717) is 0 Å². The monoisotopic (exact) mass is 318 g/mol. The second-order valence-electron chi connectivity index (χ2n) is 3.70. The Morgan fingerprint density at radius 2 is 1.87 bits per heavy atom. The molecule has 0 spiro atoms. The van der Waals surface area contributed by atoms with Gasteiger partial charge in [-0.25, -0.2) is 0 Å². The molecule has 2 aliphatic rings. The molecule has 0 radical (unpaired) electrons. The van der Waals surface area contributed by atoms with E-state index >= 15 is 0 Å². The predicted octanol–water partition coefficient (Wildman–Crippen LogP) is -2.46. The minimum Gasteiger partial charge on any atom is -1.00 e. The van der Waals surface area contributed by atoms with E-state index in [4.69, 9.17) is 0 Å². The molecule has 0 aliphatic heterocycles. The molecule has 0 nitrogen and oxygen atoms in total. The third-order valence-corrected chi connectivity index (χ3v) is 6.93. The largest absolute Gasteiger partial charge is 1.00 e. The molecule has 0 saturated heterocycles. The Labute approximate surface area is 116 Å². The summed E-state index contributed by atoms with van der Waals surface area (Å²) in [5.41, 5.74) is 3.20. The second kappa shape index (κ2) is 6.89. The Hall–Kier alpha value is 0.423. The molecule has 0 aromatic carbocycles. The third kappa shape index (κ3) is 3.73. The van der Waals surface area contributed by atoms with Crippen LogP contribution in [0.1, 0.15) is 26.7 Å². The van der Waals surface area contributed by atoms with Crippen molar-refractivity contribution in [1.29, 1.82) is 0 Å². The molecule has 0 aromatic heterocycles. The Kier molecular flexibility index (Phi) is 7.08. The molecule has 0 unspecified atom stereocenters. The first kappa shape index (κ1) is 15.4. The van der Waals surface area contributed by atoms with Crippen molar-refractivity contribution in [2.45, 2.75) is 26.7 Å². The van der Waals surface area contributed by atoms with Crippen molar-refractivity contribution in [2.75, 3.05) is 0 Å². The smallest absolute Gasteiger partial charge is 1.00 e. The van der Waals surface area contributed by atoms with E-state index in [2.05, 4.69) is 38.2 Å². The van der Waals surface area contributed by atoms with E-state index in [1.54, 1.807) is 17.7 Å². The topological polar surface area (TPSA) is 0 Å². The van der Waals surface area contributed by atoms with Gasteiger partial charge in [-0.05, 0) is 0 Å². The van der Waals surface area contributed by atoms with Crippen molar-refractivity contribution in [1.82, 2.24) is 0 Å². The van der Waals surface area contributed by atoms with Crippen LogP contribution in [0, 0.1) is 0 Å². The van der Waals surface area contributed by atoms with Crippen LogP contribution in [-0.2, 0) is 23.2 Å². The van der Waals surface area contributed by atoms with Crippen LogP contribution < -0.4 is 24.8 Å². The van der Waals surface area contributed by atoms with Gasteiger partial charge in [0.15, 0.2) is 0 Å². The summed E-state index contributed by atoms with van der Waals surface area (Å²) in [6.45, 7) is 4.57. The molecule has 80 valence electrons. The molecule has 15 heavy (non-hydrogen) atoms. The fraction of sp³-hybridized carbons (Fsp3) is 0.333. The van der Waals surface area contributed by atoms with Crippen LogP contribution in [0.4, 0.5) is 0 Å². The van der Waals surface area contributed by atoms with Gasteiger partial charge in [-0.15, -0.1) is 0 Å². The summed E-state index contributed by atoms with van der Waals surface area (Å²) in [6.07, 6.45) is 11.6. The standard InChI is InChI=1S/C7H9.C5H5.2ClH.Zr/c1-6-3-4-7(2)5-6;1-2-4-5-3-1;;;/h3H,4H2,1-2H3;1-3H,4H2;2*1H;/q;;;;+2/p-2. The van der Waals surface area contributed by atoms with E-state index < -0.39 is 23.2 Å². The van der Waals surface area contributed by atoms with Crippen molar-refractivity contribution in [3.63, 3.8) is 0 Å². The van der Waals surface area contributed by atoms with Gasteiger partial charge in [0.25, 0.3) is 0 Å². The van der Waals surface area contributed by atoms with Crippen molar-refractivity contribution in [3.05, 3.63) is 42.0 Å². The summed E-state index contributed by atoms with van der Waals surface area (Å²) in [6, 6.07) is 0. The summed E-state index contributed by atoms with van der Waals surface area (Å²) in [5, 5.41) is 0. The van der Waals surface area contributed by atoms with E-state index in [-0.39, 0.29) is 24.8 Å². The Bertz CT molecular complexity index is 349. The third-order valence-electron chi connectivity index (χ3n) is 2.59. The van der Waals surface area contributed by atoms with Gasteiger partial charge in [-0.3, -0.25) is 0 Å². The minimum absolute atomic E-state index is 0. The van der Waals surface area contributed by atoms with Crippen LogP contribution in [0.2, 0.25) is 0 Å². The number of rotatable bonds is 2. The molecule has 3 heteroatoms. The van der Waals surface area contributed by atoms with Gasteiger partial charge in [0.2, 0.25) is 0 Å². The molecule has 0 bridgehead atoms. The van der Waals surface area contributed by atoms with Crippen LogP contribution in [0.5, 0.6) is 0 Å². The normalized spacial score (nSPS) is 17.7. The Morgan fingerprint density at radius 1 is 1.13 bits per heavy atom. The zero-order valence-corrected chi connectivity index (χ0v) is 12.9. The van der Waals surface area contributed by atoms with Gasteiger partial charge < -0.3 is 24.8 Å². The Balaban J connectivity index is 0.000000980. The molecular formula is C12H14Cl2Zr. The molecule has 0 fully saturated rings. The summed E-state index contributed by atoms with van der Waals surface area (Å²) in [7, 11) is 0. The molecule has 0 amide bonds. The number of hydrogen-bond acceptors (Lipinski definition) is 0. The summed E-state index contributed by atoms with van der Waals surface area (Å²) in [5.74, 6) is 0. The van der Waals surface area contributed by atoms with Crippen LogP contribution in [0.3, 0.4) is 0 Å². The van der Waals surface area contributed by atoms with Crippen molar-refractivity contribution >= 4 is 0 Å².